The van der Waals surface area contributed by atoms with Gasteiger partial charge in [-0.1, -0.05) is 32.0 Å². The molecule has 0 radical (unpaired) electrons. The quantitative estimate of drug-likeness (QED) is 0.669. The van der Waals surface area contributed by atoms with Crippen LogP contribution in [0.4, 0.5) is 11.4 Å². The van der Waals surface area contributed by atoms with Crippen molar-refractivity contribution in [2.45, 2.75) is 31.6 Å². The van der Waals surface area contributed by atoms with Crippen molar-refractivity contribution in [2.24, 2.45) is 5.92 Å². The van der Waals surface area contributed by atoms with Crippen LogP contribution in [0.5, 0.6) is 0 Å². The van der Waals surface area contributed by atoms with E-state index in [1.165, 1.54) is 0 Å². The maximum Gasteiger partial charge on any atom is 0.225 e. The minimum absolute atomic E-state index is 0.00437. The van der Waals surface area contributed by atoms with Gasteiger partial charge >= 0.3 is 0 Å². The van der Waals surface area contributed by atoms with Gasteiger partial charge in [-0.2, -0.15) is 0 Å². The summed E-state index contributed by atoms with van der Waals surface area (Å²) >= 11 is 1.66. The summed E-state index contributed by atoms with van der Waals surface area (Å²) in [6.45, 7) is 4.02. The number of benzene rings is 2. The molecular weight excluding hydrogens is 332 g/mol. The Hall–Kier alpha value is -2.27. The predicted molar refractivity (Wildman–Crippen MR) is 105 cm³/mol. The van der Waals surface area contributed by atoms with Crippen molar-refractivity contribution in [2.75, 3.05) is 16.4 Å². The van der Waals surface area contributed by atoms with Crippen LogP contribution in [0.25, 0.3) is 0 Å². The minimum Gasteiger partial charge on any atom is -0.326 e. The molecule has 2 aromatic rings. The summed E-state index contributed by atoms with van der Waals surface area (Å²) in [4.78, 5) is 24.9. The molecule has 2 N–H and O–H groups in total. The summed E-state index contributed by atoms with van der Waals surface area (Å²) in [5, 5.41) is 5.73. The van der Waals surface area contributed by atoms with Crippen LogP contribution in [0.15, 0.2) is 59.5 Å². The Labute approximate surface area is 153 Å². The highest BCUT2D eigenvalue weighted by Gasteiger charge is 2.06. The average Bonchev–Trinajstić information content (AvgIpc) is 2.57. The van der Waals surface area contributed by atoms with E-state index in [9.17, 15) is 9.59 Å². The summed E-state index contributed by atoms with van der Waals surface area (Å²) in [6.07, 6.45) is 0.948. The Balaban J connectivity index is 1.74. The highest BCUT2D eigenvalue weighted by Crippen LogP contribution is 2.19. The van der Waals surface area contributed by atoms with E-state index in [-0.39, 0.29) is 11.8 Å². The summed E-state index contributed by atoms with van der Waals surface area (Å²) in [5.74, 6) is 1.05. The van der Waals surface area contributed by atoms with Gasteiger partial charge in [-0.05, 0) is 42.3 Å². The molecule has 5 heteroatoms. The third-order valence-corrected chi connectivity index (χ3v) is 4.40. The molecule has 0 saturated carbocycles. The van der Waals surface area contributed by atoms with Crippen molar-refractivity contribution >= 4 is 35.0 Å². The van der Waals surface area contributed by atoms with E-state index in [1.54, 1.807) is 36.0 Å². The molecule has 4 nitrogen and oxygen atoms in total. The molecule has 0 aliphatic rings. The lowest BCUT2D eigenvalue weighted by atomic mass is 10.1. The van der Waals surface area contributed by atoms with Crippen molar-refractivity contribution in [3.8, 4) is 0 Å². The number of nitrogens with one attached hydrogen (secondary N) is 2. The molecule has 25 heavy (non-hydrogen) atoms. The zero-order valence-corrected chi connectivity index (χ0v) is 15.4. The van der Waals surface area contributed by atoms with Crippen molar-refractivity contribution in [3.05, 3.63) is 54.6 Å². The Kier molecular flexibility index (Phi) is 7.54. The molecule has 0 bridgehead atoms. The van der Waals surface area contributed by atoms with Gasteiger partial charge in [-0.15, -0.1) is 11.8 Å². The lowest BCUT2D eigenvalue weighted by Gasteiger charge is -2.09. The van der Waals surface area contributed by atoms with E-state index >= 15 is 0 Å². The van der Waals surface area contributed by atoms with Gasteiger partial charge in [0.2, 0.25) is 11.8 Å². The minimum atomic E-state index is -0.0139. The normalized spacial score (nSPS) is 10.5. The molecule has 0 fully saturated rings. The first-order chi connectivity index (χ1) is 12.0. The van der Waals surface area contributed by atoms with Gasteiger partial charge in [0, 0.05) is 34.9 Å². The molecule has 0 saturated heterocycles. The number of thioether (sulfide) groups is 1. The molecule has 0 unspecified atom stereocenters. The number of amides is 2. The van der Waals surface area contributed by atoms with Gasteiger partial charge < -0.3 is 10.6 Å². The van der Waals surface area contributed by atoms with Crippen LogP contribution < -0.4 is 10.6 Å². The van der Waals surface area contributed by atoms with Gasteiger partial charge in [0.25, 0.3) is 0 Å². The molecule has 0 aliphatic carbocycles. The van der Waals surface area contributed by atoms with E-state index in [2.05, 4.69) is 10.6 Å². The molecule has 2 aromatic carbocycles. The van der Waals surface area contributed by atoms with E-state index < -0.39 is 0 Å². The fraction of sp³-hybridized carbons (Fsp3) is 0.300. The zero-order valence-electron chi connectivity index (χ0n) is 14.6. The molecule has 132 valence electrons. The summed E-state index contributed by atoms with van der Waals surface area (Å²) in [7, 11) is 0. The maximum atomic E-state index is 12.0. The van der Waals surface area contributed by atoms with Crippen LogP contribution in [-0.4, -0.2) is 17.6 Å². The van der Waals surface area contributed by atoms with Crippen molar-refractivity contribution < 1.29 is 9.59 Å². The molecule has 0 spiro atoms. The number of hydrogen-bond donors (Lipinski definition) is 2. The fourth-order valence-corrected chi connectivity index (χ4v) is 3.09. The van der Waals surface area contributed by atoms with Crippen LogP contribution >= 0.6 is 11.8 Å². The van der Waals surface area contributed by atoms with Gasteiger partial charge in [-0.3, -0.25) is 9.59 Å². The SMILES string of the molecule is CC(C)CC(=O)Nc1ccc(NC(=O)CCSc2ccccc2)cc1. The van der Waals surface area contributed by atoms with Crippen LogP contribution in [0.3, 0.4) is 0 Å². The third kappa shape index (κ3) is 7.44. The fourth-order valence-electron chi connectivity index (χ4n) is 2.22. The van der Waals surface area contributed by atoms with Crippen molar-refractivity contribution in [3.63, 3.8) is 0 Å². The zero-order chi connectivity index (χ0) is 18.1. The van der Waals surface area contributed by atoms with Crippen LogP contribution in [0.1, 0.15) is 26.7 Å². The second kappa shape index (κ2) is 9.89. The third-order valence-electron chi connectivity index (χ3n) is 3.39. The number of rotatable bonds is 8. The van der Waals surface area contributed by atoms with Gasteiger partial charge in [0.1, 0.15) is 0 Å². The molecule has 0 aliphatic heterocycles. The first kappa shape index (κ1) is 19.1. The monoisotopic (exact) mass is 356 g/mol. The van der Waals surface area contributed by atoms with E-state index in [1.807, 2.05) is 44.2 Å². The van der Waals surface area contributed by atoms with E-state index in [4.69, 9.17) is 0 Å². The smallest absolute Gasteiger partial charge is 0.225 e. The maximum absolute atomic E-state index is 12.0. The Morgan fingerprint density at radius 3 is 2.00 bits per heavy atom. The van der Waals surface area contributed by atoms with Gasteiger partial charge in [0.05, 0.1) is 0 Å². The van der Waals surface area contributed by atoms with E-state index in [0.717, 1.165) is 22.0 Å². The predicted octanol–water partition coefficient (Wildman–Crippen LogP) is 4.79. The number of carbonyl (C=O) groups is 2. The van der Waals surface area contributed by atoms with Crippen LogP contribution in [0, 0.1) is 5.92 Å². The molecule has 2 rings (SSSR count). The Morgan fingerprint density at radius 1 is 0.880 bits per heavy atom. The Morgan fingerprint density at radius 2 is 1.44 bits per heavy atom. The standard InChI is InChI=1S/C20H24N2O2S/c1-15(2)14-20(24)22-17-10-8-16(9-11-17)21-19(23)12-13-25-18-6-4-3-5-7-18/h3-11,15H,12-14H2,1-2H3,(H,21,23)(H,22,24). The van der Waals surface area contributed by atoms with Crippen molar-refractivity contribution in [1.29, 1.82) is 0 Å². The lowest BCUT2D eigenvalue weighted by molar-refractivity contribution is -0.117. The summed E-state index contributed by atoms with van der Waals surface area (Å²) in [5.41, 5.74) is 1.47. The molecular formula is C20H24N2O2S. The van der Waals surface area contributed by atoms with E-state index in [0.29, 0.717) is 18.8 Å². The van der Waals surface area contributed by atoms with Gasteiger partial charge in [-0.25, -0.2) is 0 Å². The molecule has 0 heterocycles. The average molecular weight is 356 g/mol. The number of carbonyl (C=O) groups excluding carboxylic acids is 2. The van der Waals surface area contributed by atoms with Crippen LogP contribution in [0.2, 0.25) is 0 Å². The Bertz CT molecular complexity index is 685. The highest BCUT2D eigenvalue weighted by atomic mass is 32.2. The second-order valence-corrected chi connectivity index (χ2v) is 7.35. The lowest BCUT2D eigenvalue weighted by Crippen LogP contribution is -2.14. The molecule has 0 atom stereocenters. The summed E-state index contributed by atoms with van der Waals surface area (Å²) < 4.78 is 0. The molecule has 0 aromatic heterocycles. The number of anilines is 2. The second-order valence-electron chi connectivity index (χ2n) is 6.18. The topological polar surface area (TPSA) is 58.2 Å². The molecule has 2 amide bonds. The first-order valence-corrected chi connectivity index (χ1v) is 9.39. The largest absolute Gasteiger partial charge is 0.326 e. The van der Waals surface area contributed by atoms with Crippen LogP contribution in [-0.2, 0) is 9.59 Å². The highest BCUT2D eigenvalue weighted by molar-refractivity contribution is 7.99. The van der Waals surface area contributed by atoms with Crippen molar-refractivity contribution in [1.82, 2.24) is 0 Å². The summed E-state index contributed by atoms with van der Waals surface area (Å²) in [6, 6.07) is 17.2. The van der Waals surface area contributed by atoms with Gasteiger partial charge in [0.15, 0.2) is 0 Å². The number of hydrogen-bond acceptors (Lipinski definition) is 3. The first-order valence-electron chi connectivity index (χ1n) is 8.40.